The Labute approximate surface area is 156 Å². The molecule has 2 amide bonds. The smallest absolute Gasteiger partial charge is 0.255 e. The maximum atomic E-state index is 12.5. The van der Waals surface area contributed by atoms with Crippen molar-refractivity contribution < 1.29 is 14.3 Å². The minimum atomic E-state index is -0.200. The number of benzene rings is 2. The van der Waals surface area contributed by atoms with E-state index in [2.05, 4.69) is 10.6 Å². The molecule has 6 heteroatoms. The molecular formula is C20H20N2O3S. The number of hydrogen-bond donors (Lipinski definition) is 2. The molecule has 1 aliphatic carbocycles. The molecule has 0 spiro atoms. The van der Waals surface area contributed by atoms with E-state index in [1.807, 2.05) is 30.3 Å². The summed E-state index contributed by atoms with van der Waals surface area (Å²) in [7, 11) is 0. The minimum absolute atomic E-state index is 0.0426. The fourth-order valence-electron chi connectivity index (χ4n) is 2.79. The second kappa shape index (κ2) is 7.51. The highest BCUT2D eigenvalue weighted by molar-refractivity contribution is 8.00. The van der Waals surface area contributed by atoms with Gasteiger partial charge in [0.15, 0.2) is 0 Å². The average Bonchev–Trinajstić information content (AvgIpc) is 3.46. The van der Waals surface area contributed by atoms with Gasteiger partial charge in [0.25, 0.3) is 5.91 Å². The molecule has 134 valence electrons. The molecule has 0 atom stereocenters. The second-order valence-electron chi connectivity index (χ2n) is 6.66. The van der Waals surface area contributed by atoms with Gasteiger partial charge in [-0.15, -0.1) is 11.8 Å². The number of fused-ring (bicyclic) bond motifs is 1. The standard InChI is InChI=1S/C20H20N2O3S/c23-19-12-26-18-7-6-15(9-17(18)22-19)20(24)21-16-3-1-2-14(8-16)11-25-10-13-4-5-13/h1-3,6-9,13H,4-5,10-12H2,(H,21,24)(H,22,23). The molecular weight excluding hydrogens is 348 g/mol. The van der Waals surface area contributed by atoms with Crippen LogP contribution in [0.15, 0.2) is 47.4 Å². The number of ether oxygens (including phenoxy) is 1. The van der Waals surface area contributed by atoms with E-state index in [1.165, 1.54) is 24.6 Å². The Kier molecular flexibility index (Phi) is 4.95. The number of carbonyl (C=O) groups is 2. The highest BCUT2D eigenvalue weighted by atomic mass is 32.2. The lowest BCUT2D eigenvalue weighted by Crippen LogP contribution is -2.19. The number of rotatable bonds is 6. The van der Waals surface area contributed by atoms with Crippen LogP contribution in [0.25, 0.3) is 0 Å². The third-order valence-corrected chi connectivity index (χ3v) is 5.45. The molecule has 26 heavy (non-hydrogen) atoms. The topological polar surface area (TPSA) is 67.4 Å². The van der Waals surface area contributed by atoms with Gasteiger partial charge in [-0.2, -0.15) is 0 Å². The molecule has 0 aromatic heterocycles. The van der Waals surface area contributed by atoms with Crippen molar-refractivity contribution in [3.8, 4) is 0 Å². The molecule has 4 rings (SSSR count). The molecule has 2 aliphatic rings. The van der Waals surface area contributed by atoms with Crippen molar-refractivity contribution in [3.05, 3.63) is 53.6 Å². The summed E-state index contributed by atoms with van der Waals surface area (Å²) in [5.41, 5.74) is 2.99. The van der Waals surface area contributed by atoms with Gasteiger partial charge in [-0.25, -0.2) is 0 Å². The first-order valence-corrected chi connectivity index (χ1v) is 9.71. The highest BCUT2D eigenvalue weighted by Gasteiger charge is 2.21. The monoisotopic (exact) mass is 368 g/mol. The van der Waals surface area contributed by atoms with Gasteiger partial charge in [0.05, 0.1) is 18.0 Å². The Bertz CT molecular complexity index is 849. The predicted molar refractivity (Wildman–Crippen MR) is 103 cm³/mol. The zero-order valence-corrected chi connectivity index (χ0v) is 15.1. The van der Waals surface area contributed by atoms with Crippen LogP contribution in [0, 0.1) is 5.92 Å². The molecule has 1 aliphatic heterocycles. The van der Waals surface area contributed by atoms with Crippen LogP contribution in [0.4, 0.5) is 11.4 Å². The van der Waals surface area contributed by atoms with Crippen molar-refractivity contribution in [1.82, 2.24) is 0 Å². The number of anilines is 2. The third kappa shape index (κ3) is 4.26. The van der Waals surface area contributed by atoms with Crippen LogP contribution >= 0.6 is 11.8 Å². The maximum Gasteiger partial charge on any atom is 0.255 e. The average molecular weight is 368 g/mol. The molecule has 0 radical (unpaired) electrons. The second-order valence-corrected chi connectivity index (χ2v) is 7.68. The van der Waals surface area contributed by atoms with Crippen molar-refractivity contribution in [2.45, 2.75) is 24.3 Å². The first-order chi connectivity index (χ1) is 12.7. The molecule has 2 N–H and O–H groups in total. The lowest BCUT2D eigenvalue weighted by molar-refractivity contribution is -0.113. The number of nitrogens with one attached hydrogen (secondary N) is 2. The summed E-state index contributed by atoms with van der Waals surface area (Å²) in [5.74, 6) is 0.905. The Morgan fingerprint density at radius 3 is 2.96 bits per heavy atom. The van der Waals surface area contributed by atoms with E-state index in [1.54, 1.807) is 12.1 Å². The number of hydrogen-bond acceptors (Lipinski definition) is 4. The van der Waals surface area contributed by atoms with E-state index in [0.29, 0.717) is 23.6 Å². The van der Waals surface area contributed by atoms with E-state index in [-0.39, 0.29) is 11.8 Å². The van der Waals surface area contributed by atoms with E-state index in [4.69, 9.17) is 4.74 Å². The molecule has 0 bridgehead atoms. The van der Waals surface area contributed by atoms with E-state index >= 15 is 0 Å². The van der Waals surface area contributed by atoms with Crippen molar-refractivity contribution >= 4 is 35.0 Å². The van der Waals surface area contributed by atoms with E-state index in [9.17, 15) is 9.59 Å². The molecule has 1 heterocycles. The van der Waals surface area contributed by atoms with E-state index in [0.717, 1.165) is 28.7 Å². The number of amides is 2. The van der Waals surface area contributed by atoms with Crippen LogP contribution in [0.1, 0.15) is 28.8 Å². The minimum Gasteiger partial charge on any atom is -0.376 e. The molecule has 0 saturated heterocycles. The van der Waals surface area contributed by atoms with Crippen molar-refractivity contribution in [3.63, 3.8) is 0 Å². The highest BCUT2D eigenvalue weighted by Crippen LogP contribution is 2.32. The Morgan fingerprint density at radius 2 is 2.12 bits per heavy atom. The fourth-order valence-corrected chi connectivity index (χ4v) is 3.58. The first kappa shape index (κ1) is 17.1. The maximum absolute atomic E-state index is 12.5. The largest absolute Gasteiger partial charge is 0.376 e. The Hall–Kier alpha value is -2.31. The lowest BCUT2D eigenvalue weighted by Gasteiger charge is -2.17. The van der Waals surface area contributed by atoms with Crippen LogP contribution in [0.3, 0.4) is 0 Å². The molecule has 1 fully saturated rings. The number of thioether (sulfide) groups is 1. The van der Waals surface area contributed by atoms with Crippen LogP contribution in [0.2, 0.25) is 0 Å². The number of carbonyl (C=O) groups excluding carboxylic acids is 2. The predicted octanol–water partition coefficient (Wildman–Crippen LogP) is 3.91. The van der Waals surface area contributed by atoms with Crippen LogP contribution in [-0.4, -0.2) is 24.2 Å². The third-order valence-electron chi connectivity index (χ3n) is 4.38. The van der Waals surface area contributed by atoms with Crippen molar-refractivity contribution in [1.29, 1.82) is 0 Å². The van der Waals surface area contributed by atoms with Gasteiger partial charge in [0, 0.05) is 22.8 Å². The molecule has 2 aromatic carbocycles. The quantitative estimate of drug-likeness (QED) is 0.811. The van der Waals surface area contributed by atoms with Gasteiger partial charge in [0.1, 0.15) is 0 Å². The summed E-state index contributed by atoms with van der Waals surface area (Å²) < 4.78 is 5.71. The van der Waals surface area contributed by atoms with Gasteiger partial charge >= 0.3 is 0 Å². The molecule has 5 nitrogen and oxygen atoms in total. The van der Waals surface area contributed by atoms with Gasteiger partial charge in [-0.3, -0.25) is 9.59 Å². The zero-order chi connectivity index (χ0) is 17.9. The summed E-state index contributed by atoms with van der Waals surface area (Å²) in [5, 5.41) is 5.72. The molecule has 1 saturated carbocycles. The normalized spacial score (nSPS) is 15.9. The van der Waals surface area contributed by atoms with Crippen molar-refractivity contribution in [2.24, 2.45) is 5.92 Å². The zero-order valence-electron chi connectivity index (χ0n) is 14.3. The van der Waals surface area contributed by atoms with Crippen LogP contribution in [-0.2, 0) is 16.1 Å². The van der Waals surface area contributed by atoms with Crippen LogP contribution < -0.4 is 10.6 Å². The fraction of sp³-hybridized carbons (Fsp3) is 0.300. The first-order valence-electron chi connectivity index (χ1n) is 8.72. The van der Waals surface area contributed by atoms with Crippen LogP contribution in [0.5, 0.6) is 0 Å². The van der Waals surface area contributed by atoms with Crippen molar-refractivity contribution in [2.75, 3.05) is 23.0 Å². The van der Waals surface area contributed by atoms with Gasteiger partial charge < -0.3 is 15.4 Å². The molecule has 0 unspecified atom stereocenters. The molecule has 2 aromatic rings. The Balaban J connectivity index is 1.41. The van der Waals surface area contributed by atoms with E-state index < -0.39 is 0 Å². The van der Waals surface area contributed by atoms with Gasteiger partial charge in [-0.1, -0.05) is 12.1 Å². The lowest BCUT2D eigenvalue weighted by atomic mass is 10.1. The van der Waals surface area contributed by atoms with Gasteiger partial charge in [0.2, 0.25) is 5.91 Å². The summed E-state index contributed by atoms with van der Waals surface area (Å²) in [4.78, 5) is 25.0. The summed E-state index contributed by atoms with van der Waals surface area (Å²) in [6, 6.07) is 13.1. The summed E-state index contributed by atoms with van der Waals surface area (Å²) in [6.45, 7) is 1.37. The SMILES string of the molecule is O=C1CSc2ccc(C(=O)Nc3cccc(COCC4CC4)c3)cc2N1. The Morgan fingerprint density at radius 1 is 1.23 bits per heavy atom. The van der Waals surface area contributed by atoms with Gasteiger partial charge in [-0.05, 0) is 54.7 Å². The summed E-state index contributed by atoms with van der Waals surface area (Å²) >= 11 is 1.48. The summed E-state index contributed by atoms with van der Waals surface area (Å²) in [6.07, 6.45) is 2.55.